The number of ether oxygens (including phenoxy) is 1. The van der Waals surface area contributed by atoms with E-state index in [2.05, 4.69) is 0 Å². The number of ketones is 1. The van der Waals surface area contributed by atoms with Gasteiger partial charge >= 0.3 is 0 Å². The summed E-state index contributed by atoms with van der Waals surface area (Å²) in [4.78, 5) is 25.5. The van der Waals surface area contributed by atoms with Crippen molar-refractivity contribution < 1.29 is 14.3 Å². The van der Waals surface area contributed by atoms with Crippen molar-refractivity contribution in [3.05, 3.63) is 29.8 Å². The molecule has 1 aromatic rings. The number of hydrogen-bond donors (Lipinski definition) is 0. The predicted molar refractivity (Wildman–Crippen MR) is 67.7 cm³/mol. The number of likely N-dealkylation sites (tertiary alicyclic amines) is 1. The molecule has 0 aromatic heterocycles. The first-order valence-corrected chi connectivity index (χ1v) is 6.11. The Labute approximate surface area is 107 Å². The van der Waals surface area contributed by atoms with Crippen LogP contribution in [0.25, 0.3) is 0 Å². The van der Waals surface area contributed by atoms with E-state index in [4.69, 9.17) is 4.74 Å². The lowest BCUT2D eigenvalue weighted by Crippen LogP contribution is -2.39. The molecule has 2 rings (SSSR count). The molecule has 1 heterocycles. The monoisotopic (exact) mass is 247 g/mol. The zero-order valence-corrected chi connectivity index (χ0v) is 10.7. The van der Waals surface area contributed by atoms with Crippen molar-refractivity contribution in [3.8, 4) is 5.75 Å². The van der Waals surface area contributed by atoms with Crippen LogP contribution in [0.15, 0.2) is 24.3 Å². The van der Waals surface area contributed by atoms with E-state index in [-0.39, 0.29) is 17.7 Å². The lowest BCUT2D eigenvalue weighted by Gasteiger charge is -2.23. The average molecular weight is 247 g/mol. The summed E-state index contributed by atoms with van der Waals surface area (Å²) in [6, 6.07) is 6.60. The van der Waals surface area contributed by atoms with Crippen molar-refractivity contribution in [2.24, 2.45) is 0 Å². The molecule has 0 radical (unpaired) electrons. The van der Waals surface area contributed by atoms with Gasteiger partial charge in [-0.2, -0.15) is 0 Å². The Kier molecular flexibility index (Phi) is 3.65. The summed E-state index contributed by atoms with van der Waals surface area (Å²) >= 11 is 0. The molecule has 1 atom stereocenters. The van der Waals surface area contributed by atoms with Gasteiger partial charge in [0.25, 0.3) is 0 Å². The van der Waals surface area contributed by atoms with Gasteiger partial charge in [-0.25, -0.2) is 0 Å². The molecule has 0 spiro atoms. The van der Waals surface area contributed by atoms with Gasteiger partial charge in [-0.3, -0.25) is 9.59 Å². The van der Waals surface area contributed by atoms with Gasteiger partial charge in [0.05, 0.1) is 13.2 Å². The fourth-order valence-corrected chi connectivity index (χ4v) is 2.22. The van der Waals surface area contributed by atoms with Gasteiger partial charge in [0.2, 0.25) is 5.91 Å². The largest absolute Gasteiger partial charge is 0.497 e. The number of hydrogen-bond acceptors (Lipinski definition) is 3. The first kappa shape index (κ1) is 12.6. The van der Waals surface area contributed by atoms with Crippen LogP contribution < -0.4 is 4.74 Å². The summed E-state index contributed by atoms with van der Waals surface area (Å²) in [6.45, 7) is 2.47. The van der Waals surface area contributed by atoms with E-state index >= 15 is 0 Å². The minimum absolute atomic E-state index is 0.0205. The highest BCUT2D eigenvalue weighted by molar-refractivity contribution is 6.01. The van der Waals surface area contributed by atoms with Crippen LogP contribution in [0.1, 0.15) is 30.1 Å². The van der Waals surface area contributed by atoms with Crippen LogP contribution in [0.3, 0.4) is 0 Å². The Morgan fingerprint density at radius 3 is 2.50 bits per heavy atom. The van der Waals surface area contributed by atoms with Crippen LogP contribution in [0.5, 0.6) is 5.75 Å². The highest BCUT2D eigenvalue weighted by Gasteiger charge is 2.29. The molecule has 1 aliphatic rings. The van der Waals surface area contributed by atoms with Crippen molar-refractivity contribution in [3.63, 3.8) is 0 Å². The molecular formula is C14H17NO3. The van der Waals surface area contributed by atoms with Crippen molar-refractivity contribution in [1.82, 2.24) is 4.90 Å². The fraction of sp³-hybridized carbons (Fsp3) is 0.429. The fourth-order valence-electron chi connectivity index (χ4n) is 2.22. The maximum Gasteiger partial charge on any atom is 0.223 e. The summed E-state index contributed by atoms with van der Waals surface area (Å²) in [5.41, 5.74) is 0.614. The molecule has 0 saturated carbocycles. The molecule has 1 unspecified atom stereocenters. The molecule has 1 fully saturated rings. The van der Waals surface area contributed by atoms with E-state index in [0.717, 1.165) is 12.2 Å². The zero-order valence-electron chi connectivity index (χ0n) is 10.7. The second-order valence-electron chi connectivity index (χ2n) is 4.46. The first-order valence-electron chi connectivity index (χ1n) is 6.11. The van der Waals surface area contributed by atoms with E-state index in [1.54, 1.807) is 43.2 Å². The standard InChI is InChI=1S/C14H17NO3/c1-10(15-9-3-4-13(15)16)14(17)11-5-7-12(18-2)8-6-11/h5-8,10H,3-4,9H2,1-2H3. The summed E-state index contributed by atoms with van der Waals surface area (Å²) < 4.78 is 5.05. The number of amides is 1. The first-order chi connectivity index (χ1) is 8.63. The van der Waals surface area contributed by atoms with E-state index < -0.39 is 0 Å². The van der Waals surface area contributed by atoms with E-state index in [1.165, 1.54) is 0 Å². The van der Waals surface area contributed by atoms with Crippen molar-refractivity contribution in [2.75, 3.05) is 13.7 Å². The molecule has 0 N–H and O–H groups in total. The maximum atomic E-state index is 12.2. The van der Waals surface area contributed by atoms with Crippen LogP contribution in [0, 0.1) is 0 Å². The van der Waals surface area contributed by atoms with Crippen LogP contribution in [0.2, 0.25) is 0 Å². The molecule has 18 heavy (non-hydrogen) atoms. The number of rotatable bonds is 4. The summed E-state index contributed by atoms with van der Waals surface area (Å²) in [5, 5.41) is 0. The molecule has 0 bridgehead atoms. The number of carbonyl (C=O) groups excluding carboxylic acids is 2. The Morgan fingerprint density at radius 2 is 2.00 bits per heavy atom. The minimum Gasteiger partial charge on any atom is -0.497 e. The van der Waals surface area contributed by atoms with Crippen LogP contribution in [-0.2, 0) is 4.79 Å². The number of Topliss-reactive ketones (excluding diaryl/α,β-unsaturated/α-hetero) is 1. The van der Waals surface area contributed by atoms with Gasteiger partial charge < -0.3 is 9.64 Å². The summed E-state index contributed by atoms with van der Waals surface area (Å²) in [7, 11) is 1.59. The van der Waals surface area contributed by atoms with E-state index in [9.17, 15) is 9.59 Å². The molecule has 4 heteroatoms. The normalized spacial score (nSPS) is 16.8. The lowest BCUT2D eigenvalue weighted by atomic mass is 10.0. The van der Waals surface area contributed by atoms with Crippen molar-refractivity contribution in [1.29, 1.82) is 0 Å². The van der Waals surface area contributed by atoms with Gasteiger partial charge in [-0.1, -0.05) is 0 Å². The minimum atomic E-state index is -0.381. The third-order valence-corrected chi connectivity index (χ3v) is 3.33. The zero-order chi connectivity index (χ0) is 13.1. The summed E-state index contributed by atoms with van der Waals surface area (Å²) in [6.07, 6.45) is 1.40. The summed E-state index contributed by atoms with van der Waals surface area (Å²) in [5.74, 6) is 0.772. The van der Waals surface area contributed by atoms with Gasteiger partial charge in [-0.15, -0.1) is 0 Å². The molecule has 1 amide bonds. The van der Waals surface area contributed by atoms with Crippen LogP contribution in [-0.4, -0.2) is 36.3 Å². The Morgan fingerprint density at radius 1 is 1.33 bits per heavy atom. The molecule has 96 valence electrons. The second-order valence-corrected chi connectivity index (χ2v) is 4.46. The predicted octanol–water partition coefficient (Wildman–Crippen LogP) is 1.89. The number of benzene rings is 1. The van der Waals surface area contributed by atoms with Gasteiger partial charge in [-0.05, 0) is 37.6 Å². The quantitative estimate of drug-likeness (QED) is 0.763. The van der Waals surface area contributed by atoms with Crippen LogP contribution >= 0.6 is 0 Å². The lowest BCUT2D eigenvalue weighted by molar-refractivity contribution is -0.128. The number of methoxy groups -OCH3 is 1. The van der Waals surface area contributed by atoms with Gasteiger partial charge in [0, 0.05) is 18.5 Å². The van der Waals surface area contributed by atoms with E-state index in [1.807, 2.05) is 0 Å². The van der Waals surface area contributed by atoms with Crippen molar-refractivity contribution in [2.45, 2.75) is 25.8 Å². The Balaban J connectivity index is 2.12. The molecule has 0 aliphatic carbocycles. The molecule has 1 saturated heterocycles. The SMILES string of the molecule is COc1ccc(C(=O)C(C)N2CCCC2=O)cc1. The van der Waals surface area contributed by atoms with Crippen LogP contribution in [0.4, 0.5) is 0 Å². The molecule has 1 aromatic carbocycles. The number of carbonyl (C=O) groups is 2. The number of nitrogens with zero attached hydrogens (tertiary/aromatic N) is 1. The Hall–Kier alpha value is -1.84. The topological polar surface area (TPSA) is 46.6 Å². The highest BCUT2D eigenvalue weighted by Crippen LogP contribution is 2.18. The smallest absolute Gasteiger partial charge is 0.223 e. The molecule has 1 aliphatic heterocycles. The highest BCUT2D eigenvalue weighted by atomic mass is 16.5. The molecule has 4 nitrogen and oxygen atoms in total. The maximum absolute atomic E-state index is 12.2. The third kappa shape index (κ3) is 2.37. The van der Waals surface area contributed by atoms with Gasteiger partial charge in [0.1, 0.15) is 5.75 Å². The third-order valence-electron chi connectivity index (χ3n) is 3.33. The van der Waals surface area contributed by atoms with Crippen molar-refractivity contribution >= 4 is 11.7 Å². The van der Waals surface area contributed by atoms with Gasteiger partial charge in [0.15, 0.2) is 5.78 Å². The average Bonchev–Trinajstić information content (AvgIpc) is 2.83. The molecular weight excluding hydrogens is 230 g/mol. The second kappa shape index (κ2) is 5.21. The Bertz CT molecular complexity index is 453. The van der Waals surface area contributed by atoms with E-state index in [0.29, 0.717) is 18.5 Å².